The van der Waals surface area contributed by atoms with Crippen LogP contribution in [0.25, 0.3) is 0 Å². The van der Waals surface area contributed by atoms with Gasteiger partial charge in [-0.1, -0.05) is 63.2 Å². The molecule has 178 valence electrons. The molecular formula is C28H33N3O3. The second kappa shape index (κ2) is 9.84. The molecule has 0 saturated carbocycles. The van der Waals surface area contributed by atoms with Crippen LogP contribution in [0.4, 0.5) is 11.4 Å². The summed E-state index contributed by atoms with van der Waals surface area (Å²) in [4.78, 5) is 41.3. The van der Waals surface area contributed by atoms with Crippen LogP contribution in [-0.4, -0.2) is 24.1 Å². The number of fused-ring (bicyclic) bond motifs is 1. The van der Waals surface area contributed by atoms with Crippen molar-refractivity contribution in [3.63, 3.8) is 0 Å². The normalized spacial score (nSPS) is 19.0. The van der Waals surface area contributed by atoms with Crippen LogP contribution < -0.4 is 15.5 Å². The van der Waals surface area contributed by atoms with Gasteiger partial charge in [0.2, 0.25) is 11.8 Å². The van der Waals surface area contributed by atoms with Gasteiger partial charge >= 0.3 is 0 Å². The summed E-state index contributed by atoms with van der Waals surface area (Å²) in [6, 6.07) is 16.8. The smallest absolute Gasteiger partial charge is 0.228 e. The SMILES string of the molecule is CCCNC(=O)CCC(=O)N1c2ccccc2NC2=C(C(=O)CC(C)(C)C2)C1c1ccccc1. The van der Waals surface area contributed by atoms with Gasteiger partial charge in [0, 0.05) is 37.1 Å². The number of benzene rings is 2. The van der Waals surface area contributed by atoms with Crippen LogP contribution in [0, 0.1) is 5.41 Å². The van der Waals surface area contributed by atoms with Gasteiger partial charge < -0.3 is 10.6 Å². The van der Waals surface area contributed by atoms with E-state index in [9.17, 15) is 14.4 Å². The Labute approximate surface area is 201 Å². The number of carbonyl (C=O) groups excluding carboxylic acids is 3. The van der Waals surface area contributed by atoms with E-state index in [-0.39, 0.29) is 35.9 Å². The van der Waals surface area contributed by atoms with E-state index < -0.39 is 6.04 Å². The van der Waals surface area contributed by atoms with Crippen molar-refractivity contribution in [2.24, 2.45) is 5.41 Å². The van der Waals surface area contributed by atoms with Crippen LogP contribution >= 0.6 is 0 Å². The summed E-state index contributed by atoms with van der Waals surface area (Å²) in [5, 5.41) is 6.35. The molecule has 2 amide bonds. The number of Topliss-reactive ketones (excluding diaryl/α,β-unsaturated/α-hetero) is 1. The molecule has 1 aliphatic heterocycles. The predicted octanol–water partition coefficient (Wildman–Crippen LogP) is 5.14. The molecular weight excluding hydrogens is 426 g/mol. The van der Waals surface area contributed by atoms with Crippen LogP contribution in [0.15, 0.2) is 65.9 Å². The molecule has 34 heavy (non-hydrogen) atoms. The highest BCUT2D eigenvalue weighted by molar-refractivity contribution is 6.06. The van der Waals surface area contributed by atoms with Crippen molar-refractivity contribution in [1.29, 1.82) is 0 Å². The Morgan fingerprint density at radius 2 is 1.74 bits per heavy atom. The minimum Gasteiger partial charge on any atom is -0.357 e. The Kier molecular flexibility index (Phi) is 6.87. The molecule has 0 aromatic heterocycles. The Morgan fingerprint density at radius 1 is 1.03 bits per heavy atom. The fraction of sp³-hybridized carbons (Fsp3) is 0.393. The van der Waals surface area contributed by atoms with Crippen molar-refractivity contribution in [1.82, 2.24) is 5.32 Å². The number of allylic oxidation sites excluding steroid dienone is 1. The summed E-state index contributed by atoms with van der Waals surface area (Å²) in [6.45, 7) is 6.78. The third kappa shape index (κ3) is 4.91. The molecule has 2 aliphatic rings. The van der Waals surface area contributed by atoms with Crippen LogP contribution in [-0.2, 0) is 14.4 Å². The number of rotatable bonds is 6. The second-order valence-electron chi connectivity index (χ2n) is 9.90. The maximum Gasteiger partial charge on any atom is 0.228 e. The Morgan fingerprint density at radius 3 is 2.47 bits per heavy atom. The maximum atomic E-state index is 13.8. The van der Waals surface area contributed by atoms with E-state index in [4.69, 9.17) is 0 Å². The van der Waals surface area contributed by atoms with Crippen molar-refractivity contribution < 1.29 is 14.4 Å². The molecule has 6 nitrogen and oxygen atoms in total. The van der Waals surface area contributed by atoms with Gasteiger partial charge in [-0.2, -0.15) is 0 Å². The summed E-state index contributed by atoms with van der Waals surface area (Å²) < 4.78 is 0. The average molecular weight is 460 g/mol. The van der Waals surface area contributed by atoms with Gasteiger partial charge in [0.1, 0.15) is 0 Å². The number of carbonyl (C=O) groups is 3. The minimum absolute atomic E-state index is 0.0545. The lowest BCUT2D eigenvalue weighted by molar-refractivity contribution is -0.125. The van der Waals surface area contributed by atoms with E-state index in [1.54, 1.807) is 4.90 Å². The summed E-state index contributed by atoms with van der Waals surface area (Å²) in [5.74, 6) is -0.261. The molecule has 0 spiro atoms. The van der Waals surface area contributed by atoms with E-state index in [1.165, 1.54) is 0 Å². The fourth-order valence-electron chi connectivity index (χ4n) is 4.91. The van der Waals surface area contributed by atoms with E-state index in [0.29, 0.717) is 25.0 Å². The molecule has 4 rings (SSSR count). The highest BCUT2D eigenvalue weighted by atomic mass is 16.2. The molecule has 0 radical (unpaired) electrons. The molecule has 2 aromatic rings. The van der Waals surface area contributed by atoms with Crippen LogP contribution in [0.1, 0.15) is 64.5 Å². The summed E-state index contributed by atoms with van der Waals surface area (Å²) in [5.41, 5.74) is 3.74. The quantitative estimate of drug-likeness (QED) is 0.627. The molecule has 6 heteroatoms. The predicted molar refractivity (Wildman–Crippen MR) is 134 cm³/mol. The number of para-hydroxylation sites is 2. The van der Waals surface area contributed by atoms with Gasteiger partial charge in [-0.25, -0.2) is 0 Å². The molecule has 0 fully saturated rings. The molecule has 2 aromatic carbocycles. The van der Waals surface area contributed by atoms with Crippen molar-refractivity contribution in [3.05, 3.63) is 71.4 Å². The van der Waals surface area contributed by atoms with Crippen molar-refractivity contribution in [2.75, 3.05) is 16.8 Å². The van der Waals surface area contributed by atoms with Crippen LogP contribution in [0.2, 0.25) is 0 Å². The van der Waals surface area contributed by atoms with Crippen LogP contribution in [0.5, 0.6) is 0 Å². The van der Waals surface area contributed by atoms with E-state index in [1.807, 2.05) is 61.5 Å². The summed E-state index contributed by atoms with van der Waals surface area (Å²) in [6.07, 6.45) is 2.16. The zero-order valence-corrected chi connectivity index (χ0v) is 20.2. The van der Waals surface area contributed by atoms with Crippen molar-refractivity contribution >= 4 is 29.0 Å². The van der Waals surface area contributed by atoms with Gasteiger partial charge in [0.15, 0.2) is 5.78 Å². The van der Waals surface area contributed by atoms with Gasteiger partial charge in [0.25, 0.3) is 0 Å². The average Bonchev–Trinajstić information content (AvgIpc) is 2.95. The Hall–Kier alpha value is -3.41. The molecule has 2 N–H and O–H groups in total. The van der Waals surface area contributed by atoms with E-state index in [2.05, 4.69) is 24.5 Å². The van der Waals surface area contributed by atoms with E-state index >= 15 is 0 Å². The third-order valence-corrected chi connectivity index (χ3v) is 6.42. The first-order valence-electron chi connectivity index (χ1n) is 12.1. The standard InChI is InChI=1S/C28H33N3O3/c1-4-16-29-24(33)14-15-25(34)31-22-13-9-8-12-20(22)30-21-17-28(2,3)18-23(32)26(21)27(31)19-10-6-5-7-11-19/h5-13,27,30H,4,14-18H2,1-3H3,(H,29,33). The van der Waals surface area contributed by atoms with Gasteiger partial charge in [-0.05, 0) is 36.0 Å². The highest BCUT2D eigenvalue weighted by Crippen LogP contribution is 2.48. The monoisotopic (exact) mass is 459 g/mol. The first-order valence-corrected chi connectivity index (χ1v) is 12.1. The molecule has 1 heterocycles. The summed E-state index contributed by atoms with van der Waals surface area (Å²) >= 11 is 0. The van der Waals surface area contributed by atoms with Crippen molar-refractivity contribution in [3.8, 4) is 0 Å². The number of ketones is 1. The first kappa shape index (κ1) is 23.7. The summed E-state index contributed by atoms with van der Waals surface area (Å²) in [7, 11) is 0. The lowest BCUT2D eigenvalue weighted by Crippen LogP contribution is -2.40. The number of amides is 2. The topological polar surface area (TPSA) is 78.5 Å². The number of nitrogens with zero attached hydrogens (tertiary/aromatic N) is 1. The largest absolute Gasteiger partial charge is 0.357 e. The second-order valence-corrected chi connectivity index (χ2v) is 9.90. The highest BCUT2D eigenvalue weighted by Gasteiger charge is 2.43. The van der Waals surface area contributed by atoms with Gasteiger partial charge in [0.05, 0.1) is 17.4 Å². The molecule has 1 aliphatic carbocycles. The van der Waals surface area contributed by atoms with Crippen molar-refractivity contribution in [2.45, 2.75) is 58.9 Å². The molecule has 0 bridgehead atoms. The van der Waals surface area contributed by atoms with Gasteiger partial charge in [-0.15, -0.1) is 0 Å². The van der Waals surface area contributed by atoms with Crippen LogP contribution in [0.3, 0.4) is 0 Å². The number of hydrogen-bond acceptors (Lipinski definition) is 4. The number of hydrogen-bond donors (Lipinski definition) is 2. The Balaban J connectivity index is 1.82. The molecule has 1 unspecified atom stereocenters. The number of nitrogens with one attached hydrogen (secondary N) is 2. The lowest BCUT2D eigenvalue weighted by Gasteiger charge is -2.37. The Bertz CT molecular complexity index is 1120. The lowest BCUT2D eigenvalue weighted by atomic mass is 9.73. The fourth-order valence-corrected chi connectivity index (χ4v) is 4.91. The maximum absolute atomic E-state index is 13.8. The van der Waals surface area contributed by atoms with E-state index in [0.717, 1.165) is 29.1 Å². The zero-order valence-electron chi connectivity index (χ0n) is 20.2. The zero-order chi connectivity index (χ0) is 24.3. The number of anilines is 2. The first-order chi connectivity index (χ1) is 16.3. The molecule has 1 atom stereocenters. The van der Waals surface area contributed by atoms with Gasteiger partial charge in [-0.3, -0.25) is 19.3 Å². The molecule has 0 saturated heterocycles. The third-order valence-electron chi connectivity index (χ3n) is 6.42. The minimum atomic E-state index is -0.554.